The Morgan fingerprint density at radius 1 is 1.39 bits per heavy atom. The smallest absolute Gasteiger partial charge is 0.213 e. The molecule has 4 nitrogen and oxygen atoms in total. The van der Waals surface area contributed by atoms with Crippen molar-refractivity contribution in [2.24, 2.45) is 0 Å². The van der Waals surface area contributed by atoms with Crippen LogP contribution < -0.4 is 4.74 Å². The lowest BCUT2D eigenvalue weighted by molar-refractivity contribution is 0.143. The lowest BCUT2D eigenvalue weighted by Crippen LogP contribution is -2.35. The summed E-state index contributed by atoms with van der Waals surface area (Å²) in [6, 6.07) is 6.44. The molecule has 1 N–H and O–H groups in total. The zero-order chi connectivity index (χ0) is 12.8. The van der Waals surface area contributed by atoms with Gasteiger partial charge in [0.1, 0.15) is 0 Å². The van der Waals surface area contributed by atoms with E-state index in [-0.39, 0.29) is 6.61 Å². The van der Waals surface area contributed by atoms with E-state index in [2.05, 4.69) is 9.88 Å². The van der Waals surface area contributed by atoms with Crippen LogP contribution in [-0.2, 0) is 6.54 Å². The van der Waals surface area contributed by atoms with Gasteiger partial charge in [-0.2, -0.15) is 0 Å². The van der Waals surface area contributed by atoms with Crippen LogP contribution in [-0.4, -0.2) is 41.3 Å². The van der Waals surface area contributed by atoms with Crippen molar-refractivity contribution < 1.29 is 9.84 Å². The standard InChI is InChI=1S/C14H22N2O2/c1-18-14-8-4-5-12(15-14)11-16(9-10-17)13-6-2-3-7-13/h4-5,8,13,17H,2-3,6-7,9-11H2,1H3. The van der Waals surface area contributed by atoms with Crippen LogP contribution in [0.3, 0.4) is 0 Å². The van der Waals surface area contributed by atoms with Crippen LogP contribution in [0.2, 0.25) is 0 Å². The molecule has 0 radical (unpaired) electrons. The molecular weight excluding hydrogens is 228 g/mol. The van der Waals surface area contributed by atoms with E-state index in [0.717, 1.165) is 18.8 Å². The van der Waals surface area contributed by atoms with E-state index in [0.29, 0.717) is 11.9 Å². The maximum absolute atomic E-state index is 9.19. The molecule has 0 spiro atoms. The molecule has 1 saturated carbocycles. The maximum Gasteiger partial charge on any atom is 0.213 e. The first-order chi connectivity index (χ1) is 8.83. The third-order valence-electron chi connectivity index (χ3n) is 3.58. The van der Waals surface area contributed by atoms with E-state index >= 15 is 0 Å². The minimum absolute atomic E-state index is 0.209. The molecule has 2 rings (SSSR count). The van der Waals surface area contributed by atoms with Crippen LogP contribution in [0.25, 0.3) is 0 Å². The van der Waals surface area contributed by atoms with Crippen molar-refractivity contribution in [2.45, 2.75) is 38.3 Å². The minimum Gasteiger partial charge on any atom is -0.481 e. The number of pyridine rings is 1. The Morgan fingerprint density at radius 3 is 2.83 bits per heavy atom. The van der Waals surface area contributed by atoms with Gasteiger partial charge in [-0.15, -0.1) is 0 Å². The Balaban J connectivity index is 2.02. The van der Waals surface area contributed by atoms with Gasteiger partial charge in [0.25, 0.3) is 0 Å². The molecule has 1 aromatic heterocycles. The second-order valence-electron chi connectivity index (χ2n) is 4.80. The van der Waals surface area contributed by atoms with Crippen LogP contribution in [0.5, 0.6) is 5.88 Å². The van der Waals surface area contributed by atoms with Gasteiger partial charge in [0.15, 0.2) is 0 Å². The Hall–Kier alpha value is -1.13. The Kier molecular flexibility index (Phi) is 4.96. The summed E-state index contributed by atoms with van der Waals surface area (Å²) in [7, 11) is 1.63. The third kappa shape index (κ3) is 3.43. The van der Waals surface area contributed by atoms with Gasteiger partial charge >= 0.3 is 0 Å². The number of hydrogen-bond donors (Lipinski definition) is 1. The molecule has 1 aliphatic rings. The molecule has 1 aromatic rings. The van der Waals surface area contributed by atoms with Crippen molar-refractivity contribution in [1.29, 1.82) is 0 Å². The molecule has 0 atom stereocenters. The topological polar surface area (TPSA) is 45.6 Å². The molecule has 0 amide bonds. The first kappa shape index (κ1) is 13.3. The quantitative estimate of drug-likeness (QED) is 0.836. The van der Waals surface area contributed by atoms with E-state index in [1.54, 1.807) is 7.11 Å². The molecule has 0 bridgehead atoms. The summed E-state index contributed by atoms with van der Waals surface area (Å²) in [4.78, 5) is 6.78. The lowest BCUT2D eigenvalue weighted by atomic mass is 10.2. The summed E-state index contributed by atoms with van der Waals surface area (Å²) in [6.45, 7) is 1.73. The molecule has 4 heteroatoms. The van der Waals surface area contributed by atoms with Gasteiger partial charge in [-0.3, -0.25) is 4.90 Å². The summed E-state index contributed by atoms with van der Waals surface area (Å²) in [5.74, 6) is 0.655. The fourth-order valence-electron chi connectivity index (χ4n) is 2.66. The van der Waals surface area contributed by atoms with E-state index in [1.807, 2.05) is 18.2 Å². The molecular formula is C14H22N2O2. The Labute approximate surface area is 109 Å². The Morgan fingerprint density at radius 2 is 2.17 bits per heavy atom. The predicted octanol–water partition coefficient (Wildman–Crippen LogP) is 1.83. The highest BCUT2D eigenvalue weighted by Crippen LogP contribution is 2.24. The third-order valence-corrected chi connectivity index (χ3v) is 3.58. The van der Waals surface area contributed by atoms with Crippen molar-refractivity contribution in [3.63, 3.8) is 0 Å². The number of aliphatic hydroxyl groups excluding tert-OH is 1. The fraction of sp³-hybridized carbons (Fsp3) is 0.643. The molecule has 1 heterocycles. The second-order valence-corrected chi connectivity index (χ2v) is 4.80. The summed E-state index contributed by atoms with van der Waals surface area (Å²) >= 11 is 0. The van der Waals surface area contributed by atoms with Gasteiger partial charge in [0.05, 0.1) is 19.4 Å². The summed E-state index contributed by atoms with van der Waals surface area (Å²) < 4.78 is 5.14. The summed E-state index contributed by atoms with van der Waals surface area (Å²) in [6.07, 6.45) is 5.09. The molecule has 0 unspecified atom stereocenters. The summed E-state index contributed by atoms with van der Waals surface area (Å²) in [5, 5.41) is 9.19. The van der Waals surface area contributed by atoms with Crippen LogP contribution in [0.4, 0.5) is 0 Å². The highest BCUT2D eigenvalue weighted by molar-refractivity contribution is 5.15. The average molecular weight is 250 g/mol. The van der Waals surface area contributed by atoms with Crippen molar-refractivity contribution in [2.75, 3.05) is 20.3 Å². The number of methoxy groups -OCH3 is 1. The molecule has 1 aliphatic carbocycles. The molecule has 0 aliphatic heterocycles. The monoisotopic (exact) mass is 250 g/mol. The maximum atomic E-state index is 9.19. The molecule has 100 valence electrons. The molecule has 18 heavy (non-hydrogen) atoms. The van der Waals surface area contributed by atoms with E-state index < -0.39 is 0 Å². The van der Waals surface area contributed by atoms with E-state index in [4.69, 9.17) is 4.74 Å². The number of hydrogen-bond acceptors (Lipinski definition) is 4. The van der Waals surface area contributed by atoms with Gasteiger partial charge in [-0.1, -0.05) is 18.9 Å². The van der Waals surface area contributed by atoms with Gasteiger partial charge in [0.2, 0.25) is 5.88 Å². The van der Waals surface area contributed by atoms with Crippen molar-refractivity contribution in [3.8, 4) is 5.88 Å². The van der Waals surface area contributed by atoms with Crippen LogP contribution in [0.1, 0.15) is 31.4 Å². The van der Waals surface area contributed by atoms with Crippen molar-refractivity contribution in [3.05, 3.63) is 23.9 Å². The highest BCUT2D eigenvalue weighted by Gasteiger charge is 2.22. The zero-order valence-corrected chi connectivity index (χ0v) is 11.0. The Bertz CT molecular complexity index is 365. The van der Waals surface area contributed by atoms with Gasteiger partial charge in [-0.25, -0.2) is 4.98 Å². The number of rotatable bonds is 6. The van der Waals surface area contributed by atoms with Crippen LogP contribution in [0.15, 0.2) is 18.2 Å². The number of aromatic nitrogens is 1. The first-order valence-electron chi connectivity index (χ1n) is 6.68. The van der Waals surface area contributed by atoms with E-state index in [1.165, 1.54) is 25.7 Å². The second kappa shape index (κ2) is 6.71. The number of nitrogens with zero attached hydrogens (tertiary/aromatic N) is 2. The normalized spacial score (nSPS) is 16.4. The van der Waals surface area contributed by atoms with Gasteiger partial charge in [-0.05, 0) is 18.9 Å². The number of ether oxygens (including phenoxy) is 1. The molecule has 1 fully saturated rings. The zero-order valence-electron chi connectivity index (χ0n) is 11.0. The summed E-state index contributed by atoms with van der Waals surface area (Å²) in [5.41, 5.74) is 1.01. The molecule has 0 saturated heterocycles. The lowest BCUT2D eigenvalue weighted by Gasteiger charge is -2.27. The van der Waals surface area contributed by atoms with Crippen LogP contribution in [0, 0.1) is 0 Å². The predicted molar refractivity (Wildman–Crippen MR) is 70.5 cm³/mol. The van der Waals surface area contributed by atoms with Crippen LogP contribution >= 0.6 is 0 Å². The SMILES string of the molecule is COc1cccc(CN(CCO)C2CCCC2)n1. The van der Waals surface area contributed by atoms with Gasteiger partial charge in [0, 0.05) is 25.2 Å². The highest BCUT2D eigenvalue weighted by atomic mass is 16.5. The van der Waals surface area contributed by atoms with Gasteiger partial charge < -0.3 is 9.84 Å². The van der Waals surface area contributed by atoms with Crippen molar-refractivity contribution in [1.82, 2.24) is 9.88 Å². The first-order valence-corrected chi connectivity index (χ1v) is 6.68. The fourth-order valence-corrected chi connectivity index (χ4v) is 2.66. The largest absolute Gasteiger partial charge is 0.481 e. The minimum atomic E-state index is 0.209. The van der Waals surface area contributed by atoms with E-state index in [9.17, 15) is 5.11 Å². The number of aliphatic hydroxyl groups is 1. The molecule has 0 aromatic carbocycles. The average Bonchev–Trinajstić information content (AvgIpc) is 2.92. The van der Waals surface area contributed by atoms with Crippen molar-refractivity contribution >= 4 is 0 Å².